The summed E-state index contributed by atoms with van der Waals surface area (Å²) >= 11 is 9.18. The van der Waals surface area contributed by atoms with Crippen LogP contribution < -0.4 is 5.32 Å². The van der Waals surface area contributed by atoms with Gasteiger partial charge in [0.2, 0.25) is 0 Å². The van der Waals surface area contributed by atoms with Gasteiger partial charge in [-0.1, -0.05) is 17.7 Å². The lowest BCUT2D eigenvalue weighted by Crippen LogP contribution is -2.48. The molecular weight excluding hydrogens is 319 g/mol. The molecule has 1 aromatic carbocycles. The summed E-state index contributed by atoms with van der Waals surface area (Å²) in [6.45, 7) is 4.12. The first-order valence-electron chi connectivity index (χ1n) is 5.71. The van der Waals surface area contributed by atoms with E-state index in [4.69, 9.17) is 11.6 Å². The lowest BCUT2D eigenvalue weighted by Gasteiger charge is -2.40. The minimum Gasteiger partial charge on any atom is -0.311 e. The third-order valence-electron chi connectivity index (χ3n) is 3.52. The molecule has 0 aliphatic carbocycles. The molecule has 0 heterocycles. The van der Waals surface area contributed by atoms with E-state index in [0.717, 1.165) is 0 Å². The Morgan fingerprint density at radius 3 is 2.39 bits per heavy atom. The molecule has 1 atom stereocenters. The van der Waals surface area contributed by atoms with Gasteiger partial charge >= 0.3 is 0 Å². The molecule has 5 heteroatoms. The number of hydrogen-bond donors (Lipinski definition) is 1. The fourth-order valence-electron chi connectivity index (χ4n) is 1.91. The predicted molar refractivity (Wildman–Crippen MR) is 78.7 cm³/mol. The number of likely N-dealkylation sites (N-methyl/N-ethyl adjacent to an activating group) is 2. The van der Waals surface area contributed by atoms with E-state index in [2.05, 4.69) is 40.0 Å². The molecule has 0 fully saturated rings. The van der Waals surface area contributed by atoms with Gasteiger partial charge < -0.3 is 10.2 Å². The highest BCUT2D eigenvalue weighted by Gasteiger charge is 2.34. The molecule has 1 N–H and O–H groups in total. The van der Waals surface area contributed by atoms with Crippen LogP contribution in [0.4, 0.5) is 4.39 Å². The van der Waals surface area contributed by atoms with Crippen LogP contribution in [-0.4, -0.2) is 31.6 Å². The number of nitrogens with zero attached hydrogens (tertiary/aromatic N) is 1. The van der Waals surface area contributed by atoms with E-state index in [1.165, 1.54) is 0 Å². The third-order valence-corrected chi connectivity index (χ3v) is 4.78. The van der Waals surface area contributed by atoms with Crippen molar-refractivity contribution in [2.75, 3.05) is 21.1 Å². The lowest BCUT2D eigenvalue weighted by atomic mass is 9.87. The smallest absolute Gasteiger partial charge is 0.147 e. The Morgan fingerprint density at radius 1 is 1.39 bits per heavy atom. The fraction of sp³-hybridized carbons (Fsp3) is 0.538. The maximum Gasteiger partial charge on any atom is 0.147 e. The highest BCUT2D eigenvalue weighted by atomic mass is 79.9. The second-order valence-corrected chi connectivity index (χ2v) is 6.27. The van der Waals surface area contributed by atoms with Crippen molar-refractivity contribution in [3.8, 4) is 0 Å². The first-order chi connectivity index (χ1) is 8.23. The molecule has 102 valence electrons. The van der Waals surface area contributed by atoms with Crippen molar-refractivity contribution in [1.29, 1.82) is 0 Å². The van der Waals surface area contributed by atoms with Crippen molar-refractivity contribution in [1.82, 2.24) is 10.2 Å². The highest BCUT2D eigenvalue weighted by molar-refractivity contribution is 9.10. The van der Waals surface area contributed by atoms with Crippen molar-refractivity contribution in [3.63, 3.8) is 0 Å². The van der Waals surface area contributed by atoms with E-state index in [1.54, 1.807) is 12.1 Å². The number of nitrogens with one attached hydrogen (secondary N) is 1. The zero-order valence-corrected chi connectivity index (χ0v) is 13.7. The topological polar surface area (TPSA) is 15.3 Å². The summed E-state index contributed by atoms with van der Waals surface area (Å²) in [5, 5.41) is 3.30. The van der Waals surface area contributed by atoms with Crippen LogP contribution >= 0.6 is 27.5 Å². The number of halogens is 3. The summed E-state index contributed by atoms with van der Waals surface area (Å²) in [5.74, 6) is -0.375. The Labute approximate surface area is 122 Å². The molecule has 0 aromatic heterocycles. The van der Waals surface area contributed by atoms with Crippen molar-refractivity contribution in [2.45, 2.75) is 25.4 Å². The summed E-state index contributed by atoms with van der Waals surface area (Å²) in [7, 11) is 5.77. The molecule has 0 saturated heterocycles. The fourth-order valence-corrected chi connectivity index (χ4v) is 2.39. The molecule has 0 radical (unpaired) electrons. The largest absolute Gasteiger partial charge is 0.311 e. The highest BCUT2D eigenvalue weighted by Crippen LogP contribution is 2.35. The maximum absolute atomic E-state index is 14.3. The van der Waals surface area contributed by atoms with E-state index in [9.17, 15) is 4.39 Å². The third kappa shape index (κ3) is 2.87. The molecule has 2 nitrogen and oxygen atoms in total. The van der Waals surface area contributed by atoms with Crippen LogP contribution in [0.3, 0.4) is 0 Å². The minimum absolute atomic E-state index is 0.127. The molecule has 18 heavy (non-hydrogen) atoms. The second kappa shape index (κ2) is 5.87. The number of benzene rings is 1. The predicted octanol–water partition coefficient (Wildman–Crippen LogP) is 3.84. The zero-order chi connectivity index (χ0) is 14.1. The Kier molecular flexibility index (Phi) is 5.18. The van der Waals surface area contributed by atoms with Gasteiger partial charge in [0.1, 0.15) is 5.82 Å². The molecule has 1 unspecified atom stereocenters. The molecule has 1 aromatic rings. The van der Waals surface area contributed by atoms with Gasteiger partial charge in [0.15, 0.2) is 0 Å². The van der Waals surface area contributed by atoms with Gasteiger partial charge in [-0.2, -0.15) is 0 Å². The summed E-state index contributed by atoms with van der Waals surface area (Å²) in [5.41, 5.74) is 0.330. The van der Waals surface area contributed by atoms with E-state index < -0.39 is 0 Å². The summed E-state index contributed by atoms with van der Waals surface area (Å²) in [6, 6.07) is 3.38. The average molecular weight is 338 g/mol. The number of rotatable bonds is 4. The van der Waals surface area contributed by atoms with Crippen LogP contribution in [0.15, 0.2) is 16.6 Å². The van der Waals surface area contributed by atoms with E-state index in [-0.39, 0.29) is 22.4 Å². The Hall–Kier alpha value is -0.160. The van der Waals surface area contributed by atoms with Crippen molar-refractivity contribution in [3.05, 3.63) is 33.0 Å². The second-order valence-electron chi connectivity index (χ2n) is 5.03. The van der Waals surface area contributed by atoms with Crippen LogP contribution in [0.2, 0.25) is 5.02 Å². The average Bonchev–Trinajstić information content (AvgIpc) is 2.29. The standard InChI is InChI=1S/C13H19BrClFN2/c1-13(2,18(4)5)12(17-3)8-6-7-9(14)10(15)11(8)16/h6-7,12,17H,1-5H3. The molecule has 0 aliphatic heterocycles. The Bertz CT molecular complexity index is 435. The quantitative estimate of drug-likeness (QED) is 0.840. The normalized spacial score (nSPS) is 14.1. The maximum atomic E-state index is 14.3. The van der Waals surface area contributed by atoms with Gasteiger partial charge in [-0.05, 0) is 57.0 Å². The molecule has 0 bridgehead atoms. The molecule has 0 aliphatic rings. The van der Waals surface area contributed by atoms with E-state index in [0.29, 0.717) is 10.0 Å². The van der Waals surface area contributed by atoms with Crippen LogP contribution in [0.1, 0.15) is 25.5 Å². The number of hydrogen-bond acceptors (Lipinski definition) is 2. The summed E-state index contributed by atoms with van der Waals surface area (Å²) < 4.78 is 14.8. The molecule has 0 saturated carbocycles. The molecule has 0 amide bonds. The van der Waals surface area contributed by atoms with Gasteiger partial charge in [-0.25, -0.2) is 4.39 Å². The lowest BCUT2D eigenvalue weighted by molar-refractivity contribution is 0.140. The molecule has 1 rings (SSSR count). The molecule has 0 spiro atoms. The van der Waals surface area contributed by atoms with Crippen LogP contribution in [-0.2, 0) is 0 Å². The van der Waals surface area contributed by atoms with Crippen LogP contribution in [0.5, 0.6) is 0 Å². The Morgan fingerprint density at radius 2 is 1.94 bits per heavy atom. The summed E-state index contributed by atoms with van der Waals surface area (Å²) in [4.78, 5) is 2.06. The zero-order valence-electron chi connectivity index (χ0n) is 11.3. The Balaban J connectivity index is 3.31. The van der Waals surface area contributed by atoms with Crippen molar-refractivity contribution in [2.24, 2.45) is 0 Å². The minimum atomic E-state index is -0.375. The van der Waals surface area contributed by atoms with E-state index >= 15 is 0 Å². The first-order valence-corrected chi connectivity index (χ1v) is 6.88. The van der Waals surface area contributed by atoms with Gasteiger partial charge in [0, 0.05) is 15.6 Å². The van der Waals surface area contributed by atoms with Crippen LogP contribution in [0.25, 0.3) is 0 Å². The summed E-state index contributed by atoms with van der Waals surface area (Å²) in [6.07, 6.45) is 0. The van der Waals surface area contributed by atoms with Crippen molar-refractivity contribution >= 4 is 27.5 Å². The first kappa shape index (κ1) is 15.9. The van der Waals surface area contributed by atoms with Gasteiger partial charge in [-0.3, -0.25) is 0 Å². The van der Waals surface area contributed by atoms with E-state index in [1.807, 2.05) is 21.1 Å². The van der Waals surface area contributed by atoms with Gasteiger partial charge in [-0.15, -0.1) is 0 Å². The van der Waals surface area contributed by atoms with Gasteiger partial charge in [0.25, 0.3) is 0 Å². The monoisotopic (exact) mass is 336 g/mol. The SMILES string of the molecule is CNC(c1ccc(Br)c(Cl)c1F)C(C)(C)N(C)C. The van der Waals surface area contributed by atoms with Crippen LogP contribution in [0, 0.1) is 5.82 Å². The molecular formula is C13H19BrClFN2. The van der Waals surface area contributed by atoms with Crippen molar-refractivity contribution < 1.29 is 4.39 Å². The van der Waals surface area contributed by atoms with Gasteiger partial charge in [0.05, 0.1) is 11.1 Å².